The van der Waals surface area contributed by atoms with Gasteiger partial charge in [-0.3, -0.25) is 0 Å². The van der Waals surface area contributed by atoms with Crippen LogP contribution in [0.1, 0.15) is 28.4 Å². The van der Waals surface area contributed by atoms with E-state index in [9.17, 15) is 4.79 Å². The van der Waals surface area contributed by atoms with E-state index < -0.39 is 0 Å². The molecule has 3 aromatic carbocycles. The average molecular weight is 472 g/mol. The number of nitrogens with zero attached hydrogens (tertiary/aromatic N) is 2. The lowest BCUT2D eigenvalue weighted by molar-refractivity contribution is 0.194. The Kier molecular flexibility index (Phi) is 5.12. The van der Waals surface area contributed by atoms with E-state index in [2.05, 4.69) is 69.3 Å². The largest absolute Gasteiger partial charge is 0.323 e. The van der Waals surface area contributed by atoms with E-state index >= 15 is 0 Å². The van der Waals surface area contributed by atoms with Crippen molar-refractivity contribution >= 4 is 27.6 Å². The number of fused-ring (bicyclic) bond motifs is 3. The highest BCUT2D eigenvalue weighted by molar-refractivity contribution is 9.10. The zero-order valence-electron chi connectivity index (χ0n) is 17.1. The second-order valence-electron chi connectivity index (χ2n) is 7.73. The van der Waals surface area contributed by atoms with E-state index in [1.807, 2.05) is 59.5 Å². The van der Waals surface area contributed by atoms with Crippen LogP contribution in [0.5, 0.6) is 0 Å². The number of urea groups is 1. The summed E-state index contributed by atoms with van der Waals surface area (Å²) in [5.41, 5.74) is 6.32. The number of aromatic nitrogens is 1. The molecular weight excluding hydrogens is 450 g/mol. The van der Waals surface area contributed by atoms with Gasteiger partial charge in [0.25, 0.3) is 0 Å². The lowest BCUT2D eigenvalue weighted by Crippen LogP contribution is -2.38. The van der Waals surface area contributed by atoms with Crippen LogP contribution in [0.4, 0.5) is 10.5 Å². The molecule has 0 saturated heterocycles. The molecule has 5 rings (SSSR count). The van der Waals surface area contributed by atoms with Crippen LogP contribution in [-0.4, -0.2) is 15.5 Å². The maximum atomic E-state index is 13.7. The highest BCUT2D eigenvalue weighted by Gasteiger charge is 2.33. The molecule has 1 aromatic heterocycles. The number of aryl methyl sites for hydroxylation is 1. The predicted molar refractivity (Wildman–Crippen MR) is 127 cm³/mol. The number of nitrogens with one attached hydrogen (secondary N) is 1. The van der Waals surface area contributed by atoms with Crippen LogP contribution in [0, 0.1) is 6.92 Å². The Bertz CT molecular complexity index is 1260. The van der Waals surface area contributed by atoms with E-state index in [1.165, 1.54) is 0 Å². The molecule has 31 heavy (non-hydrogen) atoms. The molecule has 4 nitrogen and oxygen atoms in total. The van der Waals surface area contributed by atoms with Gasteiger partial charge in [0.05, 0.1) is 17.9 Å². The minimum atomic E-state index is -0.217. The number of halogens is 1. The summed E-state index contributed by atoms with van der Waals surface area (Å²) in [4.78, 5) is 15.6. The van der Waals surface area contributed by atoms with Gasteiger partial charge in [0, 0.05) is 16.4 Å². The Labute approximate surface area is 190 Å². The molecule has 5 heteroatoms. The molecule has 1 aliphatic rings. The number of amides is 2. The van der Waals surface area contributed by atoms with Crippen LogP contribution in [0.15, 0.2) is 95.6 Å². The summed E-state index contributed by atoms with van der Waals surface area (Å²) in [5, 5.41) is 3.11. The zero-order chi connectivity index (χ0) is 21.4. The van der Waals surface area contributed by atoms with Crippen LogP contribution in [0.2, 0.25) is 0 Å². The summed E-state index contributed by atoms with van der Waals surface area (Å²) in [5.74, 6) is 0. The van der Waals surface area contributed by atoms with E-state index in [0.717, 1.165) is 38.2 Å². The summed E-state index contributed by atoms with van der Waals surface area (Å²) in [7, 11) is 0. The molecule has 0 radical (unpaired) electrons. The Balaban J connectivity index is 1.66. The number of rotatable bonds is 2. The first kappa shape index (κ1) is 19.6. The third kappa shape index (κ3) is 3.55. The Morgan fingerprint density at radius 2 is 1.68 bits per heavy atom. The fraction of sp³-hybridized carbons (Fsp3) is 0.115. The summed E-state index contributed by atoms with van der Waals surface area (Å²) in [6.45, 7) is 2.61. The summed E-state index contributed by atoms with van der Waals surface area (Å²) in [6, 6.07) is 28.1. The van der Waals surface area contributed by atoms with Crippen molar-refractivity contribution in [2.24, 2.45) is 0 Å². The van der Waals surface area contributed by atoms with Gasteiger partial charge < -0.3 is 14.8 Å². The molecule has 1 N–H and O–H groups in total. The van der Waals surface area contributed by atoms with Crippen LogP contribution < -0.4 is 5.32 Å². The van der Waals surface area contributed by atoms with Gasteiger partial charge in [0.1, 0.15) is 6.04 Å². The number of anilines is 1. The van der Waals surface area contributed by atoms with Crippen molar-refractivity contribution in [3.05, 3.63) is 118 Å². The molecule has 1 atom stereocenters. The van der Waals surface area contributed by atoms with E-state index in [-0.39, 0.29) is 12.1 Å². The van der Waals surface area contributed by atoms with Crippen molar-refractivity contribution in [2.45, 2.75) is 19.5 Å². The number of carbonyl (C=O) groups is 1. The van der Waals surface area contributed by atoms with Crippen molar-refractivity contribution < 1.29 is 4.79 Å². The second-order valence-corrected chi connectivity index (χ2v) is 8.58. The van der Waals surface area contributed by atoms with Gasteiger partial charge in [-0.25, -0.2) is 4.79 Å². The van der Waals surface area contributed by atoms with Gasteiger partial charge in [0.15, 0.2) is 0 Å². The van der Waals surface area contributed by atoms with Gasteiger partial charge in [0.2, 0.25) is 0 Å². The van der Waals surface area contributed by atoms with E-state index in [1.54, 1.807) is 0 Å². The van der Waals surface area contributed by atoms with Crippen molar-refractivity contribution in [2.75, 3.05) is 5.32 Å². The number of hydrogen-bond acceptors (Lipinski definition) is 1. The monoisotopic (exact) mass is 471 g/mol. The first-order valence-corrected chi connectivity index (χ1v) is 11.1. The molecule has 0 unspecified atom stereocenters. The molecule has 4 aromatic rings. The molecule has 2 amide bonds. The molecular formula is C26H22BrN3O. The minimum absolute atomic E-state index is 0.135. The SMILES string of the molecule is Cc1ccccc1[C@H]1c2cccn2-c2ccccc2CN1C(=O)Nc1ccccc1Br. The maximum absolute atomic E-state index is 13.7. The van der Waals surface area contributed by atoms with Crippen LogP contribution in [-0.2, 0) is 6.54 Å². The normalized spacial score (nSPS) is 15.0. The second kappa shape index (κ2) is 8.08. The first-order chi connectivity index (χ1) is 15.1. The molecule has 1 aliphatic heterocycles. The highest BCUT2D eigenvalue weighted by Crippen LogP contribution is 2.38. The average Bonchev–Trinajstić information content (AvgIpc) is 3.21. The standard InChI is InChI=1S/C26H22BrN3O/c1-18-9-2-4-11-20(18)25-24-15-8-16-29(24)23-14-7-3-10-19(23)17-30(25)26(31)28-22-13-6-5-12-21(22)27/h2-16,25H,17H2,1H3,(H,28,31)/t25-/m0/s1. The third-order valence-corrected chi connectivity index (χ3v) is 6.51. The summed E-state index contributed by atoms with van der Waals surface area (Å²) >= 11 is 3.54. The van der Waals surface area contributed by atoms with Crippen LogP contribution >= 0.6 is 15.9 Å². The number of benzene rings is 3. The van der Waals surface area contributed by atoms with Crippen LogP contribution in [0.3, 0.4) is 0 Å². The Hall–Kier alpha value is -3.31. The fourth-order valence-corrected chi connectivity index (χ4v) is 4.69. The molecule has 0 saturated carbocycles. The first-order valence-electron chi connectivity index (χ1n) is 10.3. The quantitative estimate of drug-likeness (QED) is 0.347. The smallest absolute Gasteiger partial charge is 0.318 e. The number of hydrogen-bond donors (Lipinski definition) is 1. The molecule has 0 aliphatic carbocycles. The van der Waals surface area contributed by atoms with Gasteiger partial charge >= 0.3 is 6.03 Å². The van der Waals surface area contributed by atoms with Crippen molar-refractivity contribution in [1.29, 1.82) is 0 Å². The van der Waals surface area contributed by atoms with Crippen molar-refractivity contribution in [3.63, 3.8) is 0 Å². The van der Waals surface area contributed by atoms with Gasteiger partial charge in [-0.1, -0.05) is 54.6 Å². The summed E-state index contributed by atoms with van der Waals surface area (Å²) < 4.78 is 3.06. The molecule has 154 valence electrons. The molecule has 2 heterocycles. The summed E-state index contributed by atoms with van der Waals surface area (Å²) in [6.07, 6.45) is 2.08. The Morgan fingerprint density at radius 1 is 0.935 bits per heavy atom. The fourth-order valence-electron chi connectivity index (χ4n) is 4.31. The lowest BCUT2D eigenvalue weighted by Gasteiger charge is -2.32. The van der Waals surface area contributed by atoms with Crippen LogP contribution in [0.25, 0.3) is 5.69 Å². The zero-order valence-corrected chi connectivity index (χ0v) is 18.7. The molecule has 0 spiro atoms. The third-order valence-electron chi connectivity index (χ3n) is 5.82. The predicted octanol–water partition coefficient (Wildman–Crippen LogP) is 6.69. The molecule has 0 fully saturated rings. The van der Waals surface area contributed by atoms with Gasteiger partial charge in [-0.15, -0.1) is 0 Å². The Morgan fingerprint density at radius 3 is 2.52 bits per heavy atom. The van der Waals surface area contributed by atoms with Crippen molar-refractivity contribution in [3.8, 4) is 5.69 Å². The lowest BCUT2D eigenvalue weighted by atomic mass is 9.97. The number of carbonyl (C=O) groups excluding carboxylic acids is 1. The molecule has 0 bridgehead atoms. The van der Waals surface area contributed by atoms with Crippen molar-refractivity contribution in [1.82, 2.24) is 9.47 Å². The highest BCUT2D eigenvalue weighted by atomic mass is 79.9. The maximum Gasteiger partial charge on any atom is 0.323 e. The number of para-hydroxylation sites is 2. The topological polar surface area (TPSA) is 37.3 Å². The van der Waals surface area contributed by atoms with E-state index in [0.29, 0.717) is 6.54 Å². The minimum Gasteiger partial charge on any atom is -0.318 e. The van der Waals surface area contributed by atoms with E-state index in [4.69, 9.17) is 0 Å². The van der Waals surface area contributed by atoms with Gasteiger partial charge in [-0.2, -0.15) is 0 Å². The van der Waals surface area contributed by atoms with Gasteiger partial charge in [-0.05, 0) is 69.9 Å².